The van der Waals surface area contributed by atoms with Crippen LogP contribution in [0, 0.1) is 6.92 Å². The van der Waals surface area contributed by atoms with Crippen molar-refractivity contribution in [3.63, 3.8) is 0 Å². The molecule has 0 saturated heterocycles. The molecule has 0 spiro atoms. The smallest absolute Gasteiger partial charge is 0.232 e. The third kappa shape index (κ3) is 4.30. The highest BCUT2D eigenvalue weighted by Gasteiger charge is 1.99. The summed E-state index contributed by atoms with van der Waals surface area (Å²) in [7, 11) is 1.93. The standard InChI is InChI=1S/C14H19N3O2/c1-11-9-14(17-16-11)19-8-7-18-13-5-3-12(4-6-13)10-15-2/h3-6,9,15H,7-8,10H2,1-2H3,(H,16,17). The van der Waals surface area contributed by atoms with Crippen molar-refractivity contribution in [2.24, 2.45) is 0 Å². The predicted molar refractivity (Wildman–Crippen MR) is 73.5 cm³/mol. The SMILES string of the molecule is CNCc1ccc(OCCOc2cc(C)[nH]n2)cc1. The van der Waals surface area contributed by atoms with Gasteiger partial charge < -0.3 is 14.8 Å². The molecule has 0 aliphatic carbocycles. The second-order valence-electron chi connectivity index (χ2n) is 4.26. The van der Waals surface area contributed by atoms with Crippen LogP contribution in [-0.2, 0) is 6.54 Å². The maximum Gasteiger partial charge on any atom is 0.232 e. The van der Waals surface area contributed by atoms with Gasteiger partial charge in [-0.3, -0.25) is 5.10 Å². The summed E-state index contributed by atoms with van der Waals surface area (Å²) in [6, 6.07) is 9.87. The zero-order chi connectivity index (χ0) is 13.5. The third-order valence-corrected chi connectivity index (χ3v) is 2.59. The van der Waals surface area contributed by atoms with E-state index in [0.717, 1.165) is 18.0 Å². The normalized spacial score (nSPS) is 10.4. The van der Waals surface area contributed by atoms with E-state index in [1.165, 1.54) is 5.56 Å². The molecule has 19 heavy (non-hydrogen) atoms. The predicted octanol–water partition coefficient (Wildman–Crippen LogP) is 1.90. The molecule has 5 heteroatoms. The maximum atomic E-state index is 5.58. The molecule has 0 bridgehead atoms. The zero-order valence-corrected chi connectivity index (χ0v) is 11.3. The van der Waals surface area contributed by atoms with Gasteiger partial charge in [0, 0.05) is 18.3 Å². The number of nitrogens with one attached hydrogen (secondary N) is 2. The Morgan fingerprint density at radius 3 is 2.53 bits per heavy atom. The minimum Gasteiger partial charge on any atom is -0.490 e. The number of benzene rings is 1. The second kappa shape index (κ2) is 6.80. The molecule has 0 amide bonds. The molecule has 1 heterocycles. The number of aromatic amines is 1. The highest BCUT2D eigenvalue weighted by atomic mass is 16.5. The van der Waals surface area contributed by atoms with Crippen molar-refractivity contribution in [1.82, 2.24) is 15.5 Å². The van der Waals surface area contributed by atoms with Gasteiger partial charge in [0.25, 0.3) is 0 Å². The van der Waals surface area contributed by atoms with Crippen molar-refractivity contribution in [3.05, 3.63) is 41.6 Å². The number of hydrogen-bond acceptors (Lipinski definition) is 4. The van der Waals surface area contributed by atoms with Crippen molar-refractivity contribution >= 4 is 0 Å². The van der Waals surface area contributed by atoms with Crippen LogP contribution in [0.25, 0.3) is 0 Å². The largest absolute Gasteiger partial charge is 0.490 e. The number of ether oxygens (including phenoxy) is 2. The molecule has 0 aliphatic heterocycles. The van der Waals surface area contributed by atoms with Crippen LogP contribution in [0.1, 0.15) is 11.3 Å². The number of nitrogens with zero attached hydrogens (tertiary/aromatic N) is 1. The Hall–Kier alpha value is -2.01. The molecular weight excluding hydrogens is 242 g/mol. The molecule has 2 N–H and O–H groups in total. The lowest BCUT2D eigenvalue weighted by Crippen LogP contribution is -2.09. The molecule has 0 unspecified atom stereocenters. The molecule has 2 aromatic rings. The molecule has 2 rings (SSSR count). The molecule has 1 aromatic carbocycles. The molecule has 102 valence electrons. The van der Waals surface area contributed by atoms with E-state index in [9.17, 15) is 0 Å². The summed E-state index contributed by atoms with van der Waals surface area (Å²) < 4.78 is 11.0. The highest BCUT2D eigenvalue weighted by molar-refractivity contribution is 5.27. The number of aryl methyl sites for hydroxylation is 1. The van der Waals surface area contributed by atoms with E-state index < -0.39 is 0 Å². The first-order valence-corrected chi connectivity index (χ1v) is 6.29. The van der Waals surface area contributed by atoms with E-state index in [1.807, 2.05) is 44.3 Å². The number of H-pyrrole nitrogens is 1. The molecule has 0 fully saturated rings. The minimum absolute atomic E-state index is 0.475. The summed E-state index contributed by atoms with van der Waals surface area (Å²) in [5.41, 5.74) is 2.22. The summed E-state index contributed by atoms with van der Waals surface area (Å²) >= 11 is 0. The maximum absolute atomic E-state index is 5.58. The summed E-state index contributed by atoms with van der Waals surface area (Å²) in [4.78, 5) is 0. The van der Waals surface area contributed by atoms with Gasteiger partial charge >= 0.3 is 0 Å². The van der Waals surface area contributed by atoms with Crippen LogP contribution in [0.4, 0.5) is 0 Å². The van der Waals surface area contributed by atoms with Gasteiger partial charge in [0.2, 0.25) is 5.88 Å². The van der Waals surface area contributed by atoms with Crippen molar-refractivity contribution in [2.75, 3.05) is 20.3 Å². The van der Waals surface area contributed by atoms with Crippen molar-refractivity contribution in [3.8, 4) is 11.6 Å². The Bertz CT molecular complexity index is 494. The van der Waals surface area contributed by atoms with Crippen molar-refractivity contribution < 1.29 is 9.47 Å². The van der Waals surface area contributed by atoms with Gasteiger partial charge in [-0.1, -0.05) is 12.1 Å². The van der Waals surface area contributed by atoms with Crippen molar-refractivity contribution in [1.29, 1.82) is 0 Å². The lowest BCUT2D eigenvalue weighted by Gasteiger charge is -2.07. The quantitative estimate of drug-likeness (QED) is 0.747. The van der Waals surface area contributed by atoms with E-state index >= 15 is 0 Å². The van der Waals surface area contributed by atoms with Gasteiger partial charge in [-0.15, -0.1) is 5.10 Å². The van der Waals surface area contributed by atoms with Crippen LogP contribution in [0.3, 0.4) is 0 Å². The van der Waals surface area contributed by atoms with E-state index in [2.05, 4.69) is 15.5 Å². The molecule has 0 aliphatic rings. The molecule has 5 nitrogen and oxygen atoms in total. The summed E-state index contributed by atoms with van der Waals surface area (Å²) in [6.07, 6.45) is 0. The fourth-order valence-electron chi connectivity index (χ4n) is 1.68. The van der Waals surface area contributed by atoms with Gasteiger partial charge in [0.15, 0.2) is 0 Å². The van der Waals surface area contributed by atoms with E-state index in [1.54, 1.807) is 0 Å². The molecular formula is C14H19N3O2. The molecule has 0 atom stereocenters. The minimum atomic E-state index is 0.475. The fraction of sp³-hybridized carbons (Fsp3) is 0.357. The first-order chi connectivity index (χ1) is 9.28. The Morgan fingerprint density at radius 2 is 1.89 bits per heavy atom. The van der Waals surface area contributed by atoms with Gasteiger partial charge in [-0.25, -0.2) is 0 Å². The lowest BCUT2D eigenvalue weighted by atomic mass is 10.2. The number of rotatable bonds is 7. The second-order valence-corrected chi connectivity index (χ2v) is 4.26. The van der Waals surface area contributed by atoms with E-state index in [-0.39, 0.29) is 0 Å². The Labute approximate surface area is 112 Å². The number of aromatic nitrogens is 2. The fourth-order valence-corrected chi connectivity index (χ4v) is 1.68. The van der Waals surface area contributed by atoms with Crippen LogP contribution in [0.15, 0.2) is 30.3 Å². The summed E-state index contributed by atoms with van der Waals surface area (Å²) in [6.45, 7) is 3.77. The van der Waals surface area contributed by atoms with Gasteiger partial charge in [0.1, 0.15) is 19.0 Å². The zero-order valence-electron chi connectivity index (χ0n) is 11.3. The first-order valence-electron chi connectivity index (χ1n) is 6.29. The first kappa shape index (κ1) is 13.4. The van der Waals surface area contributed by atoms with Crippen LogP contribution in [-0.4, -0.2) is 30.5 Å². The Kier molecular flexibility index (Phi) is 4.80. The van der Waals surface area contributed by atoms with E-state index in [4.69, 9.17) is 9.47 Å². The average Bonchev–Trinajstić information content (AvgIpc) is 2.83. The summed E-state index contributed by atoms with van der Waals surface area (Å²) in [5.74, 6) is 1.45. The number of hydrogen-bond donors (Lipinski definition) is 2. The van der Waals surface area contributed by atoms with Crippen LogP contribution >= 0.6 is 0 Å². The van der Waals surface area contributed by atoms with Crippen LogP contribution < -0.4 is 14.8 Å². The highest BCUT2D eigenvalue weighted by Crippen LogP contribution is 2.12. The van der Waals surface area contributed by atoms with E-state index in [0.29, 0.717) is 19.1 Å². The van der Waals surface area contributed by atoms with Gasteiger partial charge in [-0.2, -0.15) is 0 Å². The lowest BCUT2D eigenvalue weighted by molar-refractivity contribution is 0.212. The summed E-state index contributed by atoms with van der Waals surface area (Å²) in [5, 5.41) is 9.91. The van der Waals surface area contributed by atoms with Gasteiger partial charge in [0.05, 0.1) is 0 Å². The van der Waals surface area contributed by atoms with Crippen LogP contribution in [0.2, 0.25) is 0 Å². The third-order valence-electron chi connectivity index (χ3n) is 2.59. The molecule has 0 saturated carbocycles. The Morgan fingerprint density at radius 1 is 1.16 bits per heavy atom. The van der Waals surface area contributed by atoms with Crippen molar-refractivity contribution in [2.45, 2.75) is 13.5 Å². The monoisotopic (exact) mass is 261 g/mol. The van der Waals surface area contributed by atoms with Crippen LogP contribution in [0.5, 0.6) is 11.6 Å². The Balaban J connectivity index is 1.70. The molecule has 0 radical (unpaired) electrons. The molecule has 1 aromatic heterocycles. The topological polar surface area (TPSA) is 59.2 Å². The van der Waals surface area contributed by atoms with Gasteiger partial charge in [-0.05, 0) is 31.7 Å². The average molecular weight is 261 g/mol.